The highest BCUT2D eigenvalue weighted by Gasteiger charge is 2.16. The van der Waals surface area contributed by atoms with Crippen LogP contribution in [0.2, 0.25) is 0 Å². The fraction of sp³-hybridized carbons (Fsp3) is 0.300. The molecule has 1 aliphatic carbocycles. The first kappa shape index (κ1) is 7.87. The first-order valence-electron chi connectivity index (χ1n) is 4.09. The molecule has 0 amide bonds. The van der Waals surface area contributed by atoms with E-state index in [1.165, 1.54) is 5.56 Å². The van der Waals surface area contributed by atoms with Crippen molar-refractivity contribution in [3.05, 3.63) is 29.3 Å². The highest BCUT2D eigenvalue weighted by molar-refractivity contribution is 7.80. The van der Waals surface area contributed by atoms with E-state index in [-0.39, 0.29) is 0 Å². The average molecular weight is 178 g/mol. The summed E-state index contributed by atoms with van der Waals surface area (Å²) < 4.78 is 0. The molecule has 0 radical (unpaired) electrons. The maximum absolute atomic E-state index is 11.1. The molecule has 0 spiro atoms. The van der Waals surface area contributed by atoms with Crippen LogP contribution in [0.1, 0.15) is 17.5 Å². The number of hydrogen-bond donors (Lipinski definition) is 1. The highest BCUT2D eigenvalue weighted by Crippen LogP contribution is 2.24. The Kier molecular flexibility index (Phi) is 1.93. The lowest BCUT2D eigenvalue weighted by atomic mass is 9.91. The molecular weight excluding hydrogens is 168 g/mol. The lowest BCUT2D eigenvalue weighted by Gasteiger charge is -2.15. The molecule has 0 N–H and O–H groups in total. The molecule has 0 fully saturated rings. The molecule has 0 aliphatic heterocycles. The Morgan fingerprint density at radius 1 is 1.25 bits per heavy atom. The Bertz CT molecular complexity index is 331. The largest absolute Gasteiger partial charge is 0.299 e. The molecule has 1 aromatic carbocycles. The van der Waals surface area contributed by atoms with Gasteiger partial charge in [-0.15, -0.1) is 12.6 Å². The van der Waals surface area contributed by atoms with E-state index in [2.05, 4.69) is 18.7 Å². The summed E-state index contributed by atoms with van der Waals surface area (Å²) in [6.07, 6.45) is 2.17. The Morgan fingerprint density at radius 2 is 2.08 bits per heavy atom. The Balaban J connectivity index is 2.50. The molecule has 12 heavy (non-hydrogen) atoms. The van der Waals surface area contributed by atoms with Crippen LogP contribution >= 0.6 is 12.6 Å². The van der Waals surface area contributed by atoms with Crippen molar-refractivity contribution in [1.29, 1.82) is 0 Å². The van der Waals surface area contributed by atoms with Gasteiger partial charge in [0.05, 0.1) is 0 Å². The summed E-state index contributed by atoms with van der Waals surface area (Å²) in [4.78, 5) is 12.1. The van der Waals surface area contributed by atoms with Gasteiger partial charge in [-0.1, -0.05) is 12.1 Å². The third-order valence-electron chi connectivity index (χ3n) is 2.30. The summed E-state index contributed by atoms with van der Waals surface area (Å²) in [5.74, 6) is 0.337. The summed E-state index contributed by atoms with van der Waals surface area (Å²) >= 11 is 4.32. The summed E-state index contributed by atoms with van der Waals surface area (Å²) in [5, 5.41) is 0. The quantitative estimate of drug-likeness (QED) is 0.601. The van der Waals surface area contributed by atoms with Crippen LogP contribution in [0, 0.1) is 0 Å². The molecule has 0 bridgehead atoms. The zero-order chi connectivity index (χ0) is 8.55. The van der Waals surface area contributed by atoms with Crippen LogP contribution in [-0.4, -0.2) is 5.78 Å². The molecule has 62 valence electrons. The van der Waals surface area contributed by atoms with Crippen molar-refractivity contribution in [2.45, 2.75) is 24.2 Å². The second-order valence-electron chi connectivity index (χ2n) is 3.13. The summed E-state index contributed by atoms with van der Waals surface area (Å²) in [6.45, 7) is 0. The molecule has 0 saturated heterocycles. The van der Waals surface area contributed by atoms with Crippen LogP contribution in [0.15, 0.2) is 23.1 Å². The van der Waals surface area contributed by atoms with Crippen LogP contribution in [0.25, 0.3) is 0 Å². The van der Waals surface area contributed by atoms with Crippen LogP contribution < -0.4 is 0 Å². The molecular formula is C10H10OS. The first-order chi connectivity index (χ1) is 5.77. The van der Waals surface area contributed by atoms with Gasteiger partial charge < -0.3 is 0 Å². The minimum absolute atomic E-state index is 0.337. The second-order valence-corrected chi connectivity index (χ2v) is 3.61. The van der Waals surface area contributed by atoms with Gasteiger partial charge in [-0.2, -0.15) is 0 Å². The normalized spacial score (nSPS) is 15.9. The second kappa shape index (κ2) is 2.94. The van der Waals surface area contributed by atoms with E-state index in [9.17, 15) is 4.79 Å². The van der Waals surface area contributed by atoms with E-state index in [4.69, 9.17) is 0 Å². The van der Waals surface area contributed by atoms with Crippen molar-refractivity contribution >= 4 is 18.4 Å². The number of hydrogen-bond acceptors (Lipinski definition) is 2. The van der Waals surface area contributed by atoms with Gasteiger partial charge in [0, 0.05) is 17.7 Å². The first-order valence-corrected chi connectivity index (χ1v) is 4.53. The predicted molar refractivity (Wildman–Crippen MR) is 50.7 cm³/mol. The molecule has 0 unspecified atom stereocenters. The Morgan fingerprint density at radius 3 is 2.92 bits per heavy atom. The van der Waals surface area contributed by atoms with Crippen molar-refractivity contribution in [3.8, 4) is 0 Å². The topological polar surface area (TPSA) is 17.1 Å². The van der Waals surface area contributed by atoms with E-state index in [0.717, 1.165) is 16.9 Å². The van der Waals surface area contributed by atoms with Crippen molar-refractivity contribution in [1.82, 2.24) is 0 Å². The maximum atomic E-state index is 11.1. The number of fused-ring (bicyclic) bond motifs is 1. The number of carbonyl (C=O) groups is 1. The molecule has 1 aliphatic rings. The summed E-state index contributed by atoms with van der Waals surface area (Å²) in [5.41, 5.74) is 2.43. The van der Waals surface area contributed by atoms with Gasteiger partial charge >= 0.3 is 0 Å². The standard InChI is InChI=1S/C10H10OS/c11-8-5-4-7-2-1-3-10(12)9(7)6-8/h1-3,12H,4-6H2. The van der Waals surface area contributed by atoms with Gasteiger partial charge in [0.1, 0.15) is 5.78 Å². The lowest BCUT2D eigenvalue weighted by molar-refractivity contribution is -0.118. The zero-order valence-electron chi connectivity index (χ0n) is 6.71. The van der Waals surface area contributed by atoms with Crippen molar-refractivity contribution in [2.75, 3.05) is 0 Å². The van der Waals surface area contributed by atoms with Crippen LogP contribution in [-0.2, 0) is 17.6 Å². The minimum atomic E-state index is 0.337. The van der Waals surface area contributed by atoms with Crippen molar-refractivity contribution < 1.29 is 4.79 Å². The van der Waals surface area contributed by atoms with E-state index in [1.54, 1.807) is 0 Å². The molecule has 1 aromatic rings. The number of carbonyl (C=O) groups excluding carboxylic acids is 1. The molecule has 1 nitrogen and oxygen atoms in total. The van der Waals surface area contributed by atoms with Crippen LogP contribution in [0.5, 0.6) is 0 Å². The molecule has 2 heteroatoms. The Labute approximate surface area is 77.2 Å². The van der Waals surface area contributed by atoms with Gasteiger partial charge in [-0.3, -0.25) is 4.79 Å². The monoisotopic (exact) mass is 178 g/mol. The third-order valence-corrected chi connectivity index (χ3v) is 2.71. The minimum Gasteiger partial charge on any atom is -0.299 e. The SMILES string of the molecule is O=C1CCc2cccc(S)c2C1. The van der Waals surface area contributed by atoms with Crippen LogP contribution in [0.3, 0.4) is 0 Å². The number of Topliss-reactive ketones (excluding diaryl/α,β-unsaturated/α-hetero) is 1. The van der Waals surface area contributed by atoms with E-state index >= 15 is 0 Å². The van der Waals surface area contributed by atoms with E-state index in [1.807, 2.05) is 12.1 Å². The highest BCUT2D eigenvalue weighted by atomic mass is 32.1. The molecule has 0 aromatic heterocycles. The maximum Gasteiger partial charge on any atom is 0.137 e. The molecule has 0 heterocycles. The van der Waals surface area contributed by atoms with Crippen molar-refractivity contribution in [2.24, 2.45) is 0 Å². The van der Waals surface area contributed by atoms with Crippen molar-refractivity contribution in [3.63, 3.8) is 0 Å². The zero-order valence-corrected chi connectivity index (χ0v) is 7.60. The average Bonchev–Trinajstić information content (AvgIpc) is 2.07. The fourth-order valence-electron chi connectivity index (χ4n) is 1.62. The number of thiol groups is 1. The van der Waals surface area contributed by atoms with Crippen LogP contribution in [0.4, 0.5) is 0 Å². The van der Waals surface area contributed by atoms with E-state index < -0.39 is 0 Å². The lowest BCUT2D eigenvalue weighted by Crippen LogP contribution is -2.13. The van der Waals surface area contributed by atoms with Gasteiger partial charge in [-0.05, 0) is 23.6 Å². The molecule has 0 atom stereocenters. The predicted octanol–water partition coefficient (Wildman–Crippen LogP) is 2.03. The Hall–Kier alpha value is -0.760. The number of aryl methyl sites for hydroxylation is 1. The number of rotatable bonds is 0. The van der Waals surface area contributed by atoms with Gasteiger partial charge in [-0.25, -0.2) is 0 Å². The number of benzene rings is 1. The molecule has 0 saturated carbocycles. The number of ketones is 1. The smallest absolute Gasteiger partial charge is 0.137 e. The molecule has 2 rings (SSSR count). The fourth-order valence-corrected chi connectivity index (χ4v) is 1.93. The summed E-state index contributed by atoms with van der Waals surface area (Å²) in [7, 11) is 0. The van der Waals surface area contributed by atoms with E-state index in [0.29, 0.717) is 18.6 Å². The van der Waals surface area contributed by atoms with Gasteiger partial charge in [0.15, 0.2) is 0 Å². The third kappa shape index (κ3) is 1.27. The van der Waals surface area contributed by atoms with Gasteiger partial charge in [0.25, 0.3) is 0 Å². The summed E-state index contributed by atoms with van der Waals surface area (Å²) in [6, 6.07) is 6.03. The van der Waals surface area contributed by atoms with Gasteiger partial charge in [0.2, 0.25) is 0 Å².